The Morgan fingerprint density at radius 1 is 0.920 bits per heavy atom. The van der Waals surface area contributed by atoms with Gasteiger partial charge in [-0.3, -0.25) is 4.79 Å². The first-order valence-corrected chi connectivity index (χ1v) is 10.1. The number of carbonyl (C=O) groups excluding carboxylic acids is 2. The molecule has 4 fully saturated rings. The first kappa shape index (κ1) is 17.1. The second-order valence-corrected chi connectivity index (χ2v) is 8.45. The Labute approximate surface area is 149 Å². The normalized spacial score (nSPS) is 35.4. The number of carbonyl (C=O) groups is 2. The van der Waals surface area contributed by atoms with Crippen molar-refractivity contribution in [1.29, 1.82) is 0 Å². The SMILES string of the molecule is O=C(NC1C2CCC(C2)C1CO)C1CCN(C(=O)N2CCCC2)CC1. The molecule has 4 aliphatic rings. The Kier molecular flexibility index (Phi) is 4.89. The fourth-order valence-corrected chi connectivity index (χ4v) is 5.62. The van der Waals surface area contributed by atoms with E-state index in [1.165, 1.54) is 19.3 Å². The van der Waals surface area contributed by atoms with Crippen LogP contribution in [0.3, 0.4) is 0 Å². The van der Waals surface area contributed by atoms with Crippen molar-refractivity contribution < 1.29 is 14.7 Å². The van der Waals surface area contributed by atoms with Crippen LogP contribution in [0.15, 0.2) is 0 Å². The zero-order valence-electron chi connectivity index (χ0n) is 15.0. The summed E-state index contributed by atoms with van der Waals surface area (Å²) in [6.07, 6.45) is 7.31. The lowest BCUT2D eigenvalue weighted by Crippen LogP contribution is -2.51. The summed E-state index contributed by atoms with van der Waals surface area (Å²) in [7, 11) is 0. The van der Waals surface area contributed by atoms with Crippen molar-refractivity contribution in [1.82, 2.24) is 15.1 Å². The van der Waals surface area contributed by atoms with Crippen molar-refractivity contribution in [2.24, 2.45) is 23.7 Å². The van der Waals surface area contributed by atoms with Crippen molar-refractivity contribution in [3.8, 4) is 0 Å². The van der Waals surface area contributed by atoms with Gasteiger partial charge < -0.3 is 20.2 Å². The second-order valence-electron chi connectivity index (χ2n) is 8.45. The molecule has 4 atom stereocenters. The molecule has 6 heteroatoms. The van der Waals surface area contributed by atoms with Crippen molar-refractivity contribution in [3.63, 3.8) is 0 Å². The van der Waals surface area contributed by atoms with Crippen LogP contribution in [0.5, 0.6) is 0 Å². The van der Waals surface area contributed by atoms with Gasteiger partial charge in [0, 0.05) is 50.7 Å². The number of rotatable bonds is 3. The molecule has 6 nitrogen and oxygen atoms in total. The lowest BCUT2D eigenvalue weighted by Gasteiger charge is -2.36. The number of nitrogens with zero attached hydrogens (tertiary/aromatic N) is 2. The number of aliphatic hydroxyl groups excluding tert-OH is 1. The molecule has 4 rings (SSSR count). The van der Waals surface area contributed by atoms with E-state index in [0.717, 1.165) is 38.8 Å². The van der Waals surface area contributed by atoms with Gasteiger partial charge in [-0.1, -0.05) is 0 Å². The average molecular weight is 349 g/mol. The topological polar surface area (TPSA) is 72.9 Å². The van der Waals surface area contributed by atoms with Crippen molar-refractivity contribution >= 4 is 11.9 Å². The largest absolute Gasteiger partial charge is 0.396 e. The number of piperidine rings is 1. The molecule has 2 bridgehead atoms. The summed E-state index contributed by atoms with van der Waals surface area (Å²) >= 11 is 0. The minimum atomic E-state index is 0.0149. The summed E-state index contributed by atoms with van der Waals surface area (Å²) < 4.78 is 0. The van der Waals surface area contributed by atoms with Crippen molar-refractivity contribution in [2.75, 3.05) is 32.8 Å². The van der Waals surface area contributed by atoms with Crippen molar-refractivity contribution in [3.05, 3.63) is 0 Å². The maximum atomic E-state index is 12.7. The fourth-order valence-electron chi connectivity index (χ4n) is 5.62. The Balaban J connectivity index is 1.27. The van der Waals surface area contributed by atoms with Crippen molar-refractivity contribution in [2.45, 2.75) is 51.0 Å². The highest BCUT2D eigenvalue weighted by molar-refractivity contribution is 5.80. The number of urea groups is 1. The number of aliphatic hydroxyl groups is 1. The Morgan fingerprint density at radius 2 is 1.56 bits per heavy atom. The molecule has 0 spiro atoms. The molecule has 2 saturated heterocycles. The number of likely N-dealkylation sites (tertiary alicyclic amines) is 2. The number of amides is 3. The molecule has 2 heterocycles. The van der Waals surface area contributed by atoms with Gasteiger partial charge in [-0.05, 0) is 56.8 Å². The monoisotopic (exact) mass is 349 g/mol. The van der Waals surface area contributed by atoms with Gasteiger partial charge in [-0.15, -0.1) is 0 Å². The van der Waals surface area contributed by atoms with Crippen LogP contribution < -0.4 is 5.32 Å². The van der Waals surface area contributed by atoms with Crippen LogP contribution in [0, 0.1) is 23.7 Å². The highest BCUT2D eigenvalue weighted by atomic mass is 16.3. The number of nitrogens with one attached hydrogen (secondary N) is 1. The Morgan fingerprint density at radius 3 is 2.24 bits per heavy atom. The maximum Gasteiger partial charge on any atom is 0.319 e. The molecular weight excluding hydrogens is 318 g/mol. The zero-order valence-corrected chi connectivity index (χ0v) is 15.0. The van der Waals surface area contributed by atoms with Crippen LogP contribution in [-0.4, -0.2) is 65.7 Å². The summed E-state index contributed by atoms with van der Waals surface area (Å²) in [5.41, 5.74) is 0. The van der Waals surface area contributed by atoms with Crippen LogP contribution >= 0.6 is 0 Å². The van der Waals surface area contributed by atoms with E-state index in [-0.39, 0.29) is 36.4 Å². The van der Waals surface area contributed by atoms with Crippen LogP contribution in [-0.2, 0) is 4.79 Å². The van der Waals surface area contributed by atoms with E-state index < -0.39 is 0 Å². The highest BCUT2D eigenvalue weighted by Gasteiger charge is 2.48. The standard InChI is InChI=1S/C19H31N3O3/c23-12-16-14-3-4-15(11-14)17(16)20-18(24)13-5-9-22(10-6-13)19(25)21-7-1-2-8-21/h13-17,23H,1-12H2,(H,20,24). The van der Waals surface area contributed by atoms with Gasteiger partial charge in [0.25, 0.3) is 0 Å². The van der Waals surface area contributed by atoms with Gasteiger partial charge in [0.15, 0.2) is 0 Å². The fraction of sp³-hybridized carbons (Fsp3) is 0.895. The van der Waals surface area contributed by atoms with E-state index >= 15 is 0 Å². The van der Waals surface area contributed by atoms with Gasteiger partial charge in [0.1, 0.15) is 0 Å². The Bertz CT molecular complexity index is 512. The predicted molar refractivity (Wildman–Crippen MR) is 93.8 cm³/mol. The molecule has 25 heavy (non-hydrogen) atoms. The molecule has 2 aliphatic carbocycles. The number of hydrogen-bond acceptors (Lipinski definition) is 3. The maximum absolute atomic E-state index is 12.7. The summed E-state index contributed by atoms with van der Waals surface area (Å²) in [4.78, 5) is 29.0. The van der Waals surface area contributed by atoms with E-state index in [1.807, 2.05) is 9.80 Å². The average Bonchev–Trinajstić information content (AvgIpc) is 3.38. The van der Waals surface area contributed by atoms with E-state index in [4.69, 9.17) is 0 Å². The molecule has 2 N–H and O–H groups in total. The van der Waals surface area contributed by atoms with Gasteiger partial charge in [0.2, 0.25) is 5.91 Å². The first-order chi connectivity index (χ1) is 12.2. The van der Waals surface area contributed by atoms with Crippen LogP contribution in [0.4, 0.5) is 4.79 Å². The van der Waals surface area contributed by atoms with Crippen LogP contribution in [0.1, 0.15) is 44.9 Å². The molecule has 140 valence electrons. The molecule has 0 aromatic heterocycles. The summed E-state index contributed by atoms with van der Waals surface area (Å²) in [5.74, 6) is 1.56. The van der Waals surface area contributed by atoms with Crippen LogP contribution in [0.25, 0.3) is 0 Å². The van der Waals surface area contributed by atoms with Gasteiger partial charge in [-0.2, -0.15) is 0 Å². The van der Waals surface area contributed by atoms with E-state index in [2.05, 4.69) is 5.32 Å². The minimum Gasteiger partial charge on any atom is -0.396 e. The van der Waals surface area contributed by atoms with E-state index in [0.29, 0.717) is 24.9 Å². The summed E-state index contributed by atoms with van der Waals surface area (Å²) in [6, 6.07) is 0.324. The zero-order chi connectivity index (χ0) is 17.4. The molecule has 2 saturated carbocycles. The minimum absolute atomic E-state index is 0.0149. The molecule has 4 unspecified atom stereocenters. The van der Waals surface area contributed by atoms with E-state index in [1.54, 1.807) is 0 Å². The molecule has 3 amide bonds. The van der Waals surface area contributed by atoms with E-state index in [9.17, 15) is 14.7 Å². The van der Waals surface area contributed by atoms with Gasteiger partial charge in [0.05, 0.1) is 0 Å². The predicted octanol–water partition coefficient (Wildman–Crippen LogP) is 1.44. The molecule has 0 aromatic rings. The third-order valence-electron chi connectivity index (χ3n) is 7.12. The first-order valence-electron chi connectivity index (χ1n) is 10.1. The second kappa shape index (κ2) is 7.14. The highest BCUT2D eigenvalue weighted by Crippen LogP contribution is 2.48. The number of hydrogen-bond donors (Lipinski definition) is 2. The molecule has 0 radical (unpaired) electrons. The van der Waals surface area contributed by atoms with Crippen LogP contribution in [0.2, 0.25) is 0 Å². The summed E-state index contributed by atoms with van der Waals surface area (Å²) in [6.45, 7) is 3.33. The molecule has 2 aliphatic heterocycles. The van der Waals surface area contributed by atoms with Gasteiger partial charge >= 0.3 is 6.03 Å². The third-order valence-corrected chi connectivity index (χ3v) is 7.12. The lowest BCUT2D eigenvalue weighted by molar-refractivity contribution is -0.127. The smallest absolute Gasteiger partial charge is 0.319 e. The summed E-state index contributed by atoms with van der Waals surface area (Å²) in [5, 5.41) is 12.9. The number of fused-ring (bicyclic) bond motifs is 2. The lowest BCUT2D eigenvalue weighted by atomic mass is 9.84. The quantitative estimate of drug-likeness (QED) is 0.810. The Hall–Kier alpha value is -1.30. The third kappa shape index (κ3) is 3.25. The molecular formula is C19H31N3O3. The van der Waals surface area contributed by atoms with Gasteiger partial charge in [-0.25, -0.2) is 4.79 Å². The molecule has 0 aromatic carbocycles.